The number of aromatic hydroxyl groups is 2. The molecule has 7 heteroatoms. The summed E-state index contributed by atoms with van der Waals surface area (Å²) in [5, 5.41) is 35.9. The van der Waals surface area contributed by atoms with Gasteiger partial charge in [-0.15, -0.1) is 0 Å². The van der Waals surface area contributed by atoms with Gasteiger partial charge < -0.3 is 15.3 Å². The molecule has 0 aromatic heterocycles. The second kappa shape index (κ2) is 5.81. The molecule has 1 heterocycles. The number of phenolic OH excluding ortho intramolecular Hbond substituents is 2. The van der Waals surface area contributed by atoms with Crippen LogP contribution in [0.5, 0.6) is 11.5 Å². The number of hydrogen-bond donors (Lipinski definition) is 3. The summed E-state index contributed by atoms with van der Waals surface area (Å²) in [5.74, 6) is -1.24. The molecule has 1 amide bonds. The van der Waals surface area contributed by atoms with Crippen molar-refractivity contribution in [3.05, 3.63) is 58.6 Å². The van der Waals surface area contributed by atoms with E-state index in [4.69, 9.17) is 11.6 Å². The molecule has 0 saturated heterocycles. The summed E-state index contributed by atoms with van der Waals surface area (Å²) >= 11 is 5.88. The number of carbonyl (C=O) groups excluding carboxylic acids is 1. The number of nitrogens with zero attached hydrogens (tertiary/aromatic N) is 2. The van der Waals surface area contributed by atoms with Gasteiger partial charge in [0, 0.05) is 28.8 Å². The van der Waals surface area contributed by atoms with E-state index < -0.39 is 17.4 Å². The van der Waals surface area contributed by atoms with Crippen molar-refractivity contribution in [1.29, 1.82) is 0 Å². The van der Waals surface area contributed by atoms with Crippen LogP contribution in [0.15, 0.2) is 47.6 Å². The van der Waals surface area contributed by atoms with E-state index in [1.165, 1.54) is 12.1 Å². The van der Waals surface area contributed by atoms with Crippen molar-refractivity contribution < 1.29 is 20.1 Å². The first-order chi connectivity index (χ1) is 11.3. The van der Waals surface area contributed by atoms with Crippen molar-refractivity contribution in [2.75, 3.05) is 0 Å². The summed E-state index contributed by atoms with van der Waals surface area (Å²) in [6, 6.07) is 10.1. The highest BCUT2D eigenvalue weighted by molar-refractivity contribution is 6.30. The lowest BCUT2D eigenvalue weighted by atomic mass is 9.97. The fourth-order valence-corrected chi connectivity index (χ4v) is 2.82. The highest BCUT2D eigenvalue weighted by atomic mass is 35.5. The summed E-state index contributed by atoms with van der Waals surface area (Å²) in [7, 11) is 0. The van der Waals surface area contributed by atoms with Crippen LogP contribution in [0.1, 0.15) is 29.3 Å². The van der Waals surface area contributed by atoms with E-state index in [2.05, 4.69) is 5.10 Å². The Morgan fingerprint density at radius 3 is 2.50 bits per heavy atom. The third-order valence-corrected chi connectivity index (χ3v) is 4.09. The van der Waals surface area contributed by atoms with E-state index in [1.807, 2.05) is 0 Å². The van der Waals surface area contributed by atoms with Crippen molar-refractivity contribution in [1.82, 2.24) is 5.01 Å². The molecule has 0 spiro atoms. The molecule has 0 aliphatic carbocycles. The molecule has 6 nitrogen and oxygen atoms in total. The second-order valence-electron chi connectivity index (χ2n) is 5.65. The summed E-state index contributed by atoms with van der Waals surface area (Å²) in [6.45, 7) is 1.70. The smallest absolute Gasteiger partial charge is 0.280 e. The Kier molecular flexibility index (Phi) is 3.95. The number of benzene rings is 2. The molecule has 24 heavy (non-hydrogen) atoms. The van der Waals surface area contributed by atoms with Crippen molar-refractivity contribution in [3.8, 4) is 11.5 Å². The van der Waals surface area contributed by atoms with Crippen molar-refractivity contribution in [3.63, 3.8) is 0 Å². The van der Waals surface area contributed by atoms with Gasteiger partial charge in [0.25, 0.3) is 5.91 Å². The summed E-state index contributed by atoms with van der Waals surface area (Å²) in [4.78, 5) is 12.8. The first-order valence-electron chi connectivity index (χ1n) is 7.20. The Morgan fingerprint density at radius 2 is 1.88 bits per heavy atom. The predicted molar refractivity (Wildman–Crippen MR) is 89.0 cm³/mol. The first-order valence-corrected chi connectivity index (χ1v) is 7.58. The molecule has 0 fully saturated rings. The molecule has 1 unspecified atom stereocenters. The zero-order chi connectivity index (χ0) is 17.5. The first kappa shape index (κ1) is 16.3. The van der Waals surface area contributed by atoms with Gasteiger partial charge in [0.05, 0.1) is 5.56 Å². The minimum absolute atomic E-state index is 0.0707. The van der Waals surface area contributed by atoms with E-state index in [-0.39, 0.29) is 17.7 Å². The maximum atomic E-state index is 12.8. The number of carbonyl (C=O) groups is 1. The van der Waals surface area contributed by atoms with Crippen LogP contribution in [-0.4, -0.2) is 31.9 Å². The highest BCUT2D eigenvalue weighted by Gasteiger charge is 2.45. The van der Waals surface area contributed by atoms with Crippen LogP contribution in [0.25, 0.3) is 0 Å². The van der Waals surface area contributed by atoms with Gasteiger partial charge in [-0.3, -0.25) is 4.79 Å². The molecule has 1 aliphatic heterocycles. The average Bonchev–Trinajstić information content (AvgIpc) is 2.83. The third kappa shape index (κ3) is 2.70. The van der Waals surface area contributed by atoms with Crippen LogP contribution >= 0.6 is 11.6 Å². The number of amides is 1. The lowest BCUT2D eigenvalue weighted by Gasteiger charge is -2.31. The number of hydrogen-bond acceptors (Lipinski definition) is 5. The Bertz CT molecular complexity index is 835. The number of halogens is 1. The molecule has 0 bridgehead atoms. The number of aliphatic hydroxyl groups is 1. The van der Waals surface area contributed by atoms with Gasteiger partial charge in [0.15, 0.2) is 5.72 Å². The van der Waals surface area contributed by atoms with E-state index in [0.717, 1.165) is 11.1 Å². The summed E-state index contributed by atoms with van der Waals surface area (Å²) < 4.78 is 0. The van der Waals surface area contributed by atoms with Crippen LogP contribution in [-0.2, 0) is 5.72 Å². The zero-order valence-corrected chi connectivity index (χ0v) is 13.5. The maximum absolute atomic E-state index is 12.8. The monoisotopic (exact) mass is 346 g/mol. The standard InChI is InChI=1S/C17H15ClN2O4/c1-10-9-17(24,11-2-4-12(18)5-3-11)20(19-10)16(23)14-7-6-13(21)8-15(14)22/h2-8,21-22,24H,9H2,1H3. The normalized spacial score (nSPS) is 20.1. The molecule has 3 rings (SSSR count). The predicted octanol–water partition coefficient (Wildman–Crippen LogP) is 2.82. The number of hydrazone groups is 1. The molecule has 124 valence electrons. The number of rotatable bonds is 2. The third-order valence-electron chi connectivity index (χ3n) is 3.83. The minimum Gasteiger partial charge on any atom is -0.508 e. The highest BCUT2D eigenvalue weighted by Crippen LogP contribution is 2.38. The fraction of sp³-hybridized carbons (Fsp3) is 0.176. The van der Waals surface area contributed by atoms with Crippen molar-refractivity contribution in [2.45, 2.75) is 19.1 Å². The topological polar surface area (TPSA) is 93.4 Å². The largest absolute Gasteiger partial charge is 0.508 e. The van der Waals surface area contributed by atoms with Gasteiger partial charge in [-0.25, -0.2) is 0 Å². The van der Waals surface area contributed by atoms with Crippen LogP contribution in [0.3, 0.4) is 0 Å². The average molecular weight is 347 g/mol. The molecule has 2 aromatic rings. The molecular formula is C17H15ClN2O4. The molecule has 0 radical (unpaired) electrons. The fourth-order valence-electron chi connectivity index (χ4n) is 2.69. The van der Waals surface area contributed by atoms with Gasteiger partial charge in [-0.1, -0.05) is 23.7 Å². The van der Waals surface area contributed by atoms with Gasteiger partial charge in [-0.05, 0) is 31.2 Å². The molecule has 2 aromatic carbocycles. The van der Waals surface area contributed by atoms with Crippen LogP contribution < -0.4 is 0 Å². The molecule has 1 atom stereocenters. The zero-order valence-electron chi connectivity index (χ0n) is 12.8. The van der Waals surface area contributed by atoms with Crippen LogP contribution in [0.2, 0.25) is 5.02 Å². The molecule has 0 saturated carbocycles. The van der Waals surface area contributed by atoms with Gasteiger partial charge in [-0.2, -0.15) is 10.1 Å². The summed E-state index contributed by atoms with van der Waals surface area (Å²) in [6.07, 6.45) is 0.138. The Labute approximate surface area is 143 Å². The van der Waals surface area contributed by atoms with Crippen LogP contribution in [0.4, 0.5) is 0 Å². The Balaban J connectivity index is 2.03. The van der Waals surface area contributed by atoms with Gasteiger partial charge >= 0.3 is 0 Å². The van der Waals surface area contributed by atoms with Crippen LogP contribution in [0, 0.1) is 0 Å². The molecule has 3 N–H and O–H groups in total. The van der Waals surface area contributed by atoms with E-state index >= 15 is 0 Å². The molecular weight excluding hydrogens is 332 g/mol. The van der Waals surface area contributed by atoms with E-state index in [9.17, 15) is 20.1 Å². The van der Waals surface area contributed by atoms with Gasteiger partial charge in [0.1, 0.15) is 11.5 Å². The lowest BCUT2D eigenvalue weighted by Crippen LogP contribution is -2.43. The SMILES string of the molecule is CC1=NN(C(=O)c2ccc(O)cc2O)C(O)(c2ccc(Cl)cc2)C1. The Hall–Kier alpha value is -2.57. The maximum Gasteiger partial charge on any atom is 0.280 e. The van der Waals surface area contributed by atoms with Crippen molar-refractivity contribution >= 4 is 23.2 Å². The minimum atomic E-state index is -1.67. The Morgan fingerprint density at radius 1 is 1.21 bits per heavy atom. The summed E-state index contributed by atoms with van der Waals surface area (Å²) in [5.41, 5.74) is -0.715. The van der Waals surface area contributed by atoms with E-state index in [1.54, 1.807) is 31.2 Å². The second-order valence-corrected chi connectivity index (χ2v) is 6.09. The van der Waals surface area contributed by atoms with E-state index in [0.29, 0.717) is 16.3 Å². The quantitative estimate of drug-likeness (QED) is 0.779. The number of phenols is 2. The van der Waals surface area contributed by atoms with Crippen molar-refractivity contribution in [2.24, 2.45) is 5.10 Å². The lowest BCUT2D eigenvalue weighted by molar-refractivity contribution is -0.0766. The van der Waals surface area contributed by atoms with Gasteiger partial charge in [0.2, 0.25) is 0 Å². The molecule has 1 aliphatic rings.